The molecule has 82 valence electrons. The van der Waals surface area contributed by atoms with E-state index in [2.05, 4.69) is 11.4 Å². The molecule has 2 N–H and O–H groups in total. The zero-order valence-electron chi connectivity index (χ0n) is 8.73. The monoisotopic (exact) mass is 207 g/mol. The van der Waals surface area contributed by atoms with Gasteiger partial charge in [-0.25, -0.2) is 0 Å². The van der Waals surface area contributed by atoms with Gasteiger partial charge in [-0.2, -0.15) is 0 Å². The van der Waals surface area contributed by atoms with Crippen molar-refractivity contribution in [3.05, 3.63) is 24.3 Å². The first-order valence-electron chi connectivity index (χ1n) is 5.57. The van der Waals surface area contributed by atoms with E-state index < -0.39 is 5.97 Å². The summed E-state index contributed by atoms with van der Waals surface area (Å²) in [7, 11) is 0. The Labute approximate surface area is 89.9 Å². The summed E-state index contributed by atoms with van der Waals surface area (Å²) in [4.78, 5) is 11.1. The second kappa shape index (κ2) is 4.62. The molecule has 1 heterocycles. The van der Waals surface area contributed by atoms with Crippen LogP contribution in [0.15, 0.2) is 24.3 Å². The molecule has 0 amide bonds. The van der Waals surface area contributed by atoms with E-state index in [4.69, 9.17) is 5.11 Å². The summed E-state index contributed by atoms with van der Waals surface area (Å²) in [6.07, 6.45) is 9.88. The van der Waals surface area contributed by atoms with Crippen LogP contribution in [0.5, 0.6) is 0 Å². The Bertz CT molecular complexity index is 290. The third-order valence-electron chi connectivity index (χ3n) is 3.39. The van der Waals surface area contributed by atoms with E-state index in [1.807, 2.05) is 18.2 Å². The van der Waals surface area contributed by atoms with Gasteiger partial charge in [0.05, 0.1) is 5.92 Å². The number of allylic oxidation sites excluding steroid dienone is 3. The Balaban J connectivity index is 2.08. The van der Waals surface area contributed by atoms with Gasteiger partial charge in [-0.3, -0.25) is 4.79 Å². The number of hydrogen-bond acceptors (Lipinski definition) is 2. The van der Waals surface area contributed by atoms with Crippen molar-refractivity contribution in [2.24, 2.45) is 17.8 Å². The van der Waals surface area contributed by atoms with Gasteiger partial charge in [-0.15, -0.1) is 0 Å². The van der Waals surface area contributed by atoms with Crippen LogP contribution in [0.1, 0.15) is 12.8 Å². The minimum absolute atomic E-state index is 0.189. The van der Waals surface area contributed by atoms with Gasteiger partial charge in [0, 0.05) is 0 Å². The molecule has 1 aliphatic heterocycles. The summed E-state index contributed by atoms with van der Waals surface area (Å²) < 4.78 is 0. The number of carboxylic acid groups (broad SMARTS) is 1. The van der Waals surface area contributed by atoms with E-state index in [0.717, 1.165) is 25.9 Å². The smallest absolute Gasteiger partial charge is 0.310 e. The fourth-order valence-electron chi connectivity index (χ4n) is 2.55. The van der Waals surface area contributed by atoms with Crippen LogP contribution in [0.2, 0.25) is 0 Å². The first kappa shape index (κ1) is 10.4. The highest BCUT2D eigenvalue weighted by Crippen LogP contribution is 2.32. The molecule has 2 rings (SSSR count). The Morgan fingerprint density at radius 1 is 1.20 bits per heavy atom. The van der Waals surface area contributed by atoms with Crippen LogP contribution in [-0.2, 0) is 4.79 Å². The van der Waals surface area contributed by atoms with E-state index >= 15 is 0 Å². The highest BCUT2D eigenvalue weighted by molar-refractivity contribution is 5.73. The predicted octanol–water partition coefficient (Wildman–Crippen LogP) is 1.43. The first-order chi connectivity index (χ1) is 7.29. The van der Waals surface area contributed by atoms with E-state index in [9.17, 15) is 4.79 Å². The van der Waals surface area contributed by atoms with E-state index in [0.29, 0.717) is 5.92 Å². The summed E-state index contributed by atoms with van der Waals surface area (Å²) in [6, 6.07) is 0. The molecule has 1 saturated heterocycles. The van der Waals surface area contributed by atoms with Crippen molar-refractivity contribution < 1.29 is 9.90 Å². The van der Waals surface area contributed by atoms with Crippen molar-refractivity contribution in [3.63, 3.8) is 0 Å². The Hall–Kier alpha value is -1.09. The highest BCUT2D eigenvalue weighted by Gasteiger charge is 2.32. The second-order valence-electron chi connectivity index (χ2n) is 4.30. The number of rotatable bonds is 2. The molecule has 2 unspecified atom stereocenters. The van der Waals surface area contributed by atoms with Gasteiger partial charge in [-0.1, -0.05) is 24.3 Å². The molecule has 15 heavy (non-hydrogen) atoms. The maximum atomic E-state index is 11.1. The van der Waals surface area contributed by atoms with Crippen molar-refractivity contribution in [2.45, 2.75) is 12.8 Å². The number of carbonyl (C=O) groups is 1. The normalized spacial score (nSPS) is 31.7. The summed E-state index contributed by atoms with van der Waals surface area (Å²) in [5.41, 5.74) is 0. The summed E-state index contributed by atoms with van der Waals surface area (Å²) >= 11 is 0. The predicted molar refractivity (Wildman–Crippen MR) is 58.5 cm³/mol. The Morgan fingerprint density at radius 2 is 1.87 bits per heavy atom. The zero-order chi connectivity index (χ0) is 10.7. The number of piperidine rings is 1. The molecular weight excluding hydrogens is 190 g/mol. The second-order valence-corrected chi connectivity index (χ2v) is 4.30. The molecule has 1 aliphatic carbocycles. The fourth-order valence-corrected chi connectivity index (χ4v) is 2.55. The van der Waals surface area contributed by atoms with Crippen LogP contribution in [0.4, 0.5) is 0 Å². The van der Waals surface area contributed by atoms with Gasteiger partial charge in [-0.05, 0) is 37.8 Å². The molecule has 3 heteroatoms. The number of carboxylic acids is 1. The first-order valence-corrected chi connectivity index (χ1v) is 5.57. The molecule has 0 aromatic rings. The van der Waals surface area contributed by atoms with Gasteiger partial charge in [0.1, 0.15) is 0 Å². The fraction of sp³-hybridized carbons (Fsp3) is 0.583. The highest BCUT2D eigenvalue weighted by atomic mass is 16.4. The summed E-state index contributed by atoms with van der Waals surface area (Å²) in [5, 5.41) is 12.4. The third kappa shape index (κ3) is 2.29. The van der Waals surface area contributed by atoms with Crippen molar-refractivity contribution in [2.75, 3.05) is 13.1 Å². The van der Waals surface area contributed by atoms with Crippen molar-refractivity contribution in [1.82, 2.24) is 5.32 Å². The lowest BCUT2D eigenvalue weighted by Gasteiger charge is -2.32. The van der Waals surface area contributed by atoms with E-state index in [1.165, 1.54) is 0 Å². The lowest BCUT2D eigenvalue weighted by atomic mass is 9.75. The lowest BCUT2D eigenvalue weighted by molar-refractivity contribution is -0.141. The zero-order valence-corrected chi connectivity index (χ0v) is 8.73. The number of nitrogens with one attached hydrogen (secondary N) is 1. The van der Waals surface area contributed by atoms with Gasteiger partial charge in [0.25, 0.3) is 0 Å². The summed E-state index contributed by atoms with van der Waals surface area (Å²) in [5.74, 6) is -0.305. The largest absolute Gasteiger partial charge is 0.481 e. The average Bonchev–Trinajstić information content (AvgIpc) is 2.30. The maximum absolute atomic E-state index is 11.1. The molecule has 0 aromatic heterocycles. The molecule has 0 bridgehead atoms. The van der Waals surface area contributed by atoms with Crippen LogP contribution in [-0.4, -0.2) is 24.2 Å². The molecule has 0 spiro atoms. The molecule has 1 fully saturated rings. The van der Waals surface area contributed by atoms with Crippen molar-refractivity contribution in [3.8, 4) is 0 Å². The topological polar surface area (TPSA) is 49.3 Å². The Kier molecular flexibility index (Phi) is 3.21. The molecular formula is C12H17NO2. The maximum Gasteiger partial charge on any atom is 0.310 e. The third-order valence-corrected chi connectivity index (χ3v) is 3.39. The molecule has 3 nitrogen and oxygen atoms in total. The molecule has 0 saturated carbocycles. The van der Waals surface area contributed by atoms with Gasteiger partial charge in [0.2, 0.25) is 0 Å². The van der Waals surface area contributed by atoms with Crippen LogP contribution < -0.4 is 5.32 Å². The number of aliphatic carboxylic acids is 1. The summed E-state index contributed by atoms with van der Waals surface area (Å²) in [6.45, 7) is 2.04. The standard InChI is InChI=1S/C12H17NO2/c14-12(15)11-4-2-1-3-10(11)9-5-7-13-8-6-9/h1-4,9-11,13H,5-8H2,(H,14,15). The average molecular weight is 207 g/mol. The molecule has 0 radical (unpaired) electrons. The van der Waals surface area contributed by atoms with E-state index in [-0.39, 0.29) is 11.8 Å². The molecule has 0 aromatic carbocycles. The molecule has 2 atom stereocenters. The minimum atomic E-state index is -0.695. The van der Waals surface area contributed by atoms with Gasteiger partial charge >= 0.3 is 5.97 Å². The van der Waals surface area contributed by atoms with Crippen LogP contribution in [0, 0.1) is 17.8 Å². The van der Waals surface area contributed by atoms with Crippen molar-refractivity contribution >= 4 is 5.97 Å². The van der Waals surface area contributed by atoms with Crippen LogP contribution >= 0.6 is 0 Å². The quantitative estimate of drug-likeness (QED) is 0.720. The number of hydrogen-bond donors (Lipinski definition) is 2. The lowest BCUT2D eigenvalue weighted by Crippen LogP contribution is -2.35. The minimum Gasteiger partial charge on any atom is -0.481 e. The van der Waals surface area contributed by atoms with E-state index in [1.54, 1.807) is 0 Å². The van der Waals surface area contributed by atoms with Gasteiger partial charge < -0.3 is 10.4 Å². The van der Waals surface area contributed by atoms with Gasteiger partial charge in [0.15, 0.2) is 0 Å². The van der Waals surface area contributed by atoms with Crippen LogP contribution in [0.3, 0.4) is 0 Å². The van der Waals surface area contributed by atoms with Crippen LogP contribution in [0.25, 0.3) is 0 Å². The molecule has 2 aliphatic rings. The Morgan fingerprint density at radius 3 is 2.53 bits per heavy atom. The SMILES string of the molecule is O=C(O)C1C=CC=CC1C1CCNCC1. The van der Waals surface area contributed by atoms with Crippen molar-refractivity contribution in [1.29, 1.82) is 0 Å².